The SMILES string of the molecule is C=CC(C)COCCC=C(C)C(=O)O. The Hall–Kier alpha value is -1.09. The van der Waals surface area contributed by atoms with E-state index in [4.69, 9.17) is 9.84 Å². The molecule has 0 aliphatic rings. The Kier molecular flexibility index (Phi) is 6.76. The van der Waals surface area contributed by atoms with Gasteiger partial charge in [-0.3, -0.25) is 0 Å². The number of carboxylic acids is 1. The molecule has 0 radical (unpaired) electrons. The van der Waals surface area contributed by atoms with Gasteiger partial charge in [0.2, 0.25) is 0 Å². The third-order valence-electron chi connectivity index (χ3n) is 1.83. The van der Waals surface area contributed by atoms with Crippen LogP contribution in [-0.4, -0.2) is 24.3 Å². The highest BCUT2D eigenvalue weighted by molar-refractivity contribution is 5.85. The van der Waals surface area contributed by atoms with E-state index in [1.165, 1.54) is 0 Å². The van der Waals surface area contributed by atoms with Crippen LogP contribution in [0, 0.1) is 5.92 Å². The van der Waals surface area contributed by atoms with E-state index >= 15 is 0 Å². The first-order valence-corrected chi connectivity index (χ1v) is 4.68. The largest absolute Gasteiger partial charge is 0.478 e. The number of hydrogen-bond acceptors (Lipinski definition) is 2. The second kappa shape index (κ2) is 7.33. The van der Waals surface area contributed by atoms with Gasteiger partial charge in [0.05, 0.1) is 13.2 Å². The molecule has 3 heteroatoms. The van der Waals surface area contributed by atoms with Gasteiger partial charge in [0.15, 0.2) is 0 Å². The van der Waals surface area contributed by atoms with Gasteiger partial charge in [0.25, 0.3) is 0 Å². The number of carboxylic acid groups (broad SMARTS) is 1. The number of carbonyl (C=O) groups is 1. The first-order chi connectivity index (χ1) is 6.57. The first kappa shape index (κ1) is 12.9. The van der Waals surface area contributed by atoms with E-state index in [9.17, 15) is 4.79 Å². The van der Waals surface area contributed by atoms with Crippen LogP contribution in [0.4, 0.5) is 0 Å². The maximum Gasteiger partial charge on any atom is 0.330 e. The normalized spacial score (nSPS) is 13.7. The number of hydrogen-bond donors (Lipinski definition) is 1. The molecule has 14 heavy (non-hydrogen) atoms. The summed E-state index contributed by atoms with van der Waals surface area (Å²) in [5.74, 6) is -0.524. The summed E-state index contributed by atoms with van der Waals surface area (Å²) < 4.78 is 5.31. The van der Waals surface area contributed by atoms with Crippen LogP contribution in [0.5, 0.6) is 0 Å². The lowest BCUT2D eigenvalue weighted by atomic mass is 10.2. The van der Waals surface area contributed by atoms with E-state index in [1.807, 2.05) is 13.0 Å². The van der Waals surface area contributed by atoms with Crippen LogP contribution in [0.2, 0.25) is 0 Å². The van der Waals surface area contributed by atoms with Gasteiger partial charge in [-0.15, -0.1) is 6.58 Å². The van der Waals surface area contributed by atoms with Crippen molar-refractivity contribution in [2.24, 2.45) is 5.92 Å². The minimum Gasteiger partial charge on any atom is -0.478 e. The van der Waals surface area contributed by atoms with Gasteiger partial charge < -0.3 is 9.84 Å². The molecule has 1 atom stereocenters. The molecule has 0 aliphatic carbocycles. The van der Waals surface area contributed by atoms with Crippen molar-refractivity contribution in [3.8, 4) is 0 Å². The van der Waals surface area contributed by atoms with Gasteiger partial charge in [0, 0.05) is 5.57 Å². The summed E-state index contributed by atoms with van der Waals surface area (Å²) in [5, 5.41) is 8.54. The van der Waals surface area contributed by atoms with Gasteiger partial charge in [-0.05, 0) is 19.3 Å². The predicted octanol–water partition coefficient (Wildman–Crippen LogP) is 2.25. The average Bonchev–Trinajstić information content (AvgIpc) is 2.16. The Morgan fingerprint density at radius 1 is 1.64 bits per heavy atom. The lowest BCUT2D eigenvalue weighted by Gasteiger charge is -2.05. The van der Waals surface area contributed by atoms with Crippen LogP contribution >= 0.6 is 0 Å². The van der Waals surface area contributed by atoms with Crippen molar-refractivity contribution < 1.29 is 14.6 Å². The zero-order valence-electron chi connectivity index (χ0n) is 8.82. The Morgan fingerprint density at radius 2 is 2.29 bits per heavy atom. The molecule has 1 N–H and O–H groups in total. The van der Waals surface area contributed by atoms with Gasteiger partial charge in [-0.2, -0.15) is 0 Å². The summed E-state index contributed by atoms with van der Waals surface area (Å²) in [6.07, 6.45) is 4.14. The smallest absolute Gasteiger partial charge is 0.330 e. The standard InChI is InChI=1S/C11H18O3/c1-4-9(2)8-14-7-5-6-10(3)11(12)13/h4,6,9H,1,5,7-8H2,2-3H3,(H,12,13). The zero-order valence-corrected chi connectivity index (χ0v) is 8.82. The average molecular weight is 198 g/mol. The van der Waals surface area contributed by atoms with E-state index in [2.05, 4.69) is 6.58 Å². The van der Waals surface area contributed by atoms with E-state index in [1.54, 1.807) is 13.0 Å². The molecule has 3 nitrogen and oxygen atoms in total. The second-order valence-corrected chi connectivity index (χ2v) is 3.27. The van der Waals surface area contributed by atoms with Crippen LogP contribution < -0.4 is 0 Å². The quantitative estimate of drug-likeness (QED) is 0.387. The minimum absolute atomic E-state index is 0.347. The molecule has 0 fully saturated rings. The molecule has 0 saturated carbocycles. The van der Waals surface area contributed by atoms with Crippen LogP contribution in [0.15, 0.2) is 24.3 Å². The molecular formula is C11H18O3. The number of rotatable bonds is 7. The van der Waals surface area contributed by atoms with Crippen molar-refractivity contribution in [2.45, 2.75) is 20.3 Å². The maximum absolute atomic E-state index is 10.4. The highest BCUT2D eigenvalue weighted by Crippen LogP contribution is 1.99. The Balaban J connectivity index is 3.51. The van der Waals surface area contributed by atoms with Crippen LogP contribution in [0.3, 0.4) is 0 Å². The predicted molar refractivity (Wildman–Crippen MR) is 56.2 cm³/mol. The summed E-state index contributed by atoms with van der Waals surface area (Å²) in [6.45, 7) is 8.44. The highest BCUT2D eigenvalue weighted by atomic mass is 16.5. The lowest BCUT2D eigenvalue weighted by Crippen LogP contribution is -2.04. The molecule has 0 aromatic carbocycles. The fourth-order valence-electron chi connectivity index (χ4n) is 0.783. The fourth-order valence-corrected chi connectivity index (χ4v) is 0.783. The summed E-state index contributed by atoms with van der Waals surface area (Å²) in [4.78, 5) is 10.4. The van der Waals surface area contributed by atoms with Gasteiger partial charge in [0.1, 0.15) is 0 Å². The Bertz CT molecular complexity index is 219. The molecule has 0 heterocycles. The molecule has 1 unspecified atom stereocenters. The van der Waals surface area contributed by atoms with Gasteiger partial charge in [-0.1, -0.05) is 19.1 Å². The molecule has 0 amide bonds. The van der Waals surface area contributed by atoms with E-state index in [0.29, 0.717) is 31.1 Å². The summed E-state index contributed by atoms with van der Waals surface area (Å²) in [7, 11) is 0. The van der Waals surface area contributed by atoms with E-state index in [0.717, 1.165) is 0 Å². The molecule has 0 aromatic rings. The molecule has 0 saturated heterocycles. The highest BCUT2D eigenvalue weighted by Gasteiger charge is 1.98. The maximum atomic E-state index is 10.4. The number of ether oxygens (including phenoxy) is 1. The topological polar surface area (TPSA) is 46.5 Å². The molecule has 0 aromatic heterocycles. The monoisotopic (exact) mass is 198 g/mol. The van der Waals surface area contributed by atoms with E-state index < -0.39 is 5.97 Å². The third kappa shape index (κ3) is 6.43. The molecule has 0 aliphatic heterocycles. The summed E-state index contributed by atoms with van der Waals surface area (Å²) in [6, 6.07) is 0. The van der Waals surface area contributed by atoms with Crippen LogP contribution in [0.25, 0.3) is 0 Å². The fraction of sp³-hybridized carbons (Fsp3) is 0.545. The second-order valence-electron chi connectivity index (χ2n) is 3.27. The Morgan fingerprint density at radius 3 is 2.79 bits per heavy atom. The number of aliphatic carboxylic acids is 1. The molecule has 0 bridgehead atoms. The lowest BCUT2D eigenvalue weighted by molar-refractivity contribution is -0.132. The zero-order chi connectivity index (χ0) is 11.0. The molecular weight excluding hydrogens is 180 g/mol. The third-order valence-corrected chi connectivity index (χ3v) is 1.83. The van der Waals surface area contributed by atoms with Crippen molar-refractivity contribution in [2.75, 3.05) is 13.2 Å². The first-order valence-electron chi connectivity index (χ1n) is 4.68. The van der Waals surface area contributed by atoms with Crippen LogP contribution in [0.1, 0.15) is 20.3 Å². The van der Waals surface area contributed by atoms with Crippen molar-refractivity contribution in [3.05, 3.63) is 24.3 Å². The Labute approximate surface area is 85.1 Å². The van der Waals surface area contributed by atoms with Crippen LogP contribution in [-0.2, 0) is 9.53 Å². The van der Waals surface area contributed by atoms with Crippen molar-refractivity contribution in [1.29, 1.82) is 0 Å². The molecule has 0 spiro atoms. The summed E-state index contributed by atoms with van der Waals surface area (Å²) in [5.41, 5.74) is 0.366. The van der Waals surface area contributed by atoms with Crippen molar-refractivity contribution in [1.82, 2.24) is 0 Å². The van der Waals surface area contributed by atoms with Crippen molar-refractivity contribution >= 4 is 5.97 Å². The minimum atomic E-state index is -0.871. The van der Waals surface area contributed by atoms with Gasteiger partial charge >= 0.3 is 5.97 Å². The molecule has 0 rings (SSSR count). The van der Waals surface area contributed by atoms with Crippen molar-refractivity contribution in [3.63, 3.8) is 0 Å². The van der Waals surface area contributed by atoms with Gasteiger partial charge in [-0.25, -0.2) is 4.79 Å². The molecule has 80 valence electrons. The van der Waals surface area contributed by atoms with E-state index in [-0.39, 0.29) is 0 Å². The summed E-state index contributed by atoms with van der Waals surface area (Å²) >= 11 is 0.